The topological polar surface area (TPSA) is 97.7 Å². The van der Waals surface area contributed by atoms with Crippen LogP contribution in [0.1, 0.15) is 49.3 Å². The summed E-state index contributed by atoms with van der Waals surface area (Å²) in [5.41, 5.74) is 1.37. The molecule has 5 aromatic rings. The predicted molar refractivity (Wildman–Crippen MR) is 158 cm³/mol. The smallest absolute Gasteiger partial charge is 0.263 e. The average molecular weight is 573 g/mol. The van der Waals surface area contributed by atoms with Crippen molar-refractivity contribution in [2.45, 2.75) is 57.7 Å². The molecule has 0 spiro atoms. The van der Waals surface area contributed by atoms with Crippen LogP contribution in [0.15, 0.2) is 76.1 Å². The van der Waals surface area contributed by atoms with Crippen LogP contribution in [0.4, 0.5) is 0 Å². The number of hydrogen-bond donors (Lipinski definition) is 1. The van der Waals surface area contributed by atoms with Gasteiger partial charge in [-0.2, -0.15) is 0 Å². The Hall–Kier alpha value is -3.95. The van der Waals surface area contributed by atoms with Gasteiger partial charge in [-0.25, -0.2) is 0 Å². The van der Waals surface area contributed by atoms with E-state index in [1.54, 1.807) is 23.0 Å². The van der Waals surface area contributed by atoms with Crippen LogP contribution in [0.2, 0.25) is 5.02 Å². The number of furan rings is 1. The minimum Gasteiger partial charge on any atom is -0.468 e. The molecule has 212 valence electrons. The van der Waals surface area contributed by atoms with Gasteiger partial charge in [-0.3, -0.25) is 23.5 Å². The van der Waals surface area contributed by atoms with Crippen LogP contribution in [-0.2, 0) is 24.3 Å². The van der Waals surface area contributed by atoms with E-state index < -0.39 is 0 Å². The maximum atomic E-state index is 13.5. The van der Waals surface area contributed by atoms with E-state index in [0.717, 1.165) is 24.4 Å². The molecule has 0 saturated heterocycles. The summed E-state index contributed by atoms with van der Waals surface area (Å²) < 4.78 is 9.05. The summed E-state index contributed by atoms with van der Waals surface area (Å²) in [5.74, 6) is 1.96. The van der Waals surface area contributed by atoms with Crippen molar-refractivity contribution < 1.29 is 9.21 Å². The van der Waals surface area contributed by atoms with E-state index in [9.17, 15) is 9.59 Å². The predicted octanol–water partition coefficient (Wildman–Crippen LogP) is 4.83. The van der Waals surface area contributed by atoms with E-state index in [1.165, 1.54) is 25.7 Å². The maximum Gasteiger partial charge on any atom is 0.263 e. The molecule has 1 fully saturated rings. The lowest BCUT2D eigenvalue weighted by Gasteiger charge is -2.28. The second-order valence-electron chi connectivity index (χ2n) is 10.6. The fraction of sp³-hybridized carbons (Fsp3) is 0.355. The zero-order valence-corrected chi connectivity index (χ0v) is 23.6. The number of halogens is 1. The van der Waals surface area contributed by atoms with Gasteiger partial charge in [0.05, 0.1) is 30.3 Å². The molecular formula is C31H33ClN6O3. The number of amides is 1. The van der Waals surface area contributed by atoms with Gasteiger partial charge in [0.25, 0.3) is 5.56 Å². The van der Waals surface area contributed by atoms with E-state index in [1.807, 2.05) is 52.9 Å². The van der Waals surface area contributed by atoms with Crippen molar-refractivity contribution in [3.63, 3.8) is 0 Å². The van der Waals surface area contributed by atoms with Crippen molar-refractivity contribution in [3.05, 3.63) is 99.5 Å². The third kappa shape index (κ3) is 5.92. The number of aromatic nitrogens is 4. The summed E-state index contributed by atoms with van der Waals surface area (Å²) in [5, 5.41) is 13.0. The lowest BCUT2D eigenvalue weighted by atomic mass is 10.2. The Morgan fingerprint density at radius 3 is 2.66 bits per heavy atom. The van der Waals surface area contributed by atoms with Crippen molar-refractivity contribution in [2.24, 2.45) is 0 Å². The minimum absolute atomic E-state index is 0.0418. The van der Waals surface area contributed by atoms with Gasteiger partial charge in [0, 0.05) is 37.0 Å². The highest BCUT2D eigenvalue weighted by Gasteiger charge is 2.23. The zero-order valence-electron chi connectivity index (χ0n) is 22.8. The molecule has 41 heavy (non-hydrogen) atoms. The van der Waals surface area contributed by atoms with Gasteiger partial charge in [-0.05, 0) is 48.7 Å². The monoisotopic (exact) mass is 572 g/mol. The Labute approximate surface area is 242 Å². The van der Waals surface area contributed by atoms with Gasteiger partial charge in [-0.1, -0.05) is 54.8 Å². The van der Waals surface area contributed by atoms with Crippen LogP contribution in [0.5, 0.6) is 0 Å². The number of para-hydroxylation sites is 1. The van der Waals surface area contributed by atoms with Crippen molar-refractivity contribution in [3.8, 4) is 0 Å². The number of benzene rings is 2. The second kappa shape index (κ2) is 12.3. The standard InChI is InChI=1S/C31H33ClN6O3/c32-26-13-5-1-8-22(26)20-37-30(40)25-12-4-6-14-27(25)38-28(34-35-31(37)38)15-16-29(39)33-17-18-36(23-9-2-3-10-23)21-24-11-7-19-41-24/h1,4-8,11-14,19,23H,2-3,9-10,15-18,20-21H2,(H,33,39). The largest absolute Gasteiger partial charge is 0.468 e. The molecular weight excluding hydrogens is 540 g/mol. The third-order valence-corrected chi connectivity index (χ3v) is 8.31. The molecule has 10 heteroatoms. The van der Waals surface area contributed by atoms with E-state index in [2.05, 4.69) is 20.4 Å². The molecule has 6 rings (SSSR count). The number of fused-ring (bicyclic) bond motifs is 3. The van der Waals surface area contributed by atoms with Crippen molar-refractivity contribution >= 4 is 34.2 Å². The molecule has 3 aromatic heterocycles. The van der Waals surface area contributed by atoms with E-state index in [-0.39, 0.29) is 24.4 Å². The van der Waals surface area contributed by atoms with Crippen molar-refractivity contribution in [2.75, 3.05) is 13.1 Å². The lowest BCUT2D eigenvalue weighted by molar-refractivity contribution is -0.121. The number of rotatable bonds is 11. The fourth-order valence-corrected chi connectivity index (χ4v) is 6.03. The first-order valence-electron chi connectivity index (χ1n) is 14.2. The lowest BCUT2D eigenvalue weighted by Crippen LogP contribution is -2.39. The number of nitrogens with one attached hydrogen (secondary N) is 1. The van der Waals surface area contributed by atoms with Gasteiger partial charge in [-0.15, -0.1) is 10.2 Å². The first kappa shape index (κ1) is 27.2. The van der Waals surface area contributed by atoms with Gasteiger partial charge in [0.1, 0.15) is 11.6 Å². The molecule has 1 aliphatic carbocycles. The Kier molecular flexibility index (Phi) is 8.16. The van der Waals surface area contributed by atoms with Crippen LogP contribution < -0.4 is 10.9 Å². The average Bonchev–Trinajstić information content (AvgIpc) is 3.77. The van der Waals surface area contributed by atoms with Crippen molar-refractivity contribution in [1.29, 1.82) is 0 Å². The van der Waals surface area contributed by atoms with Gasteiger partial charge >= 0.3 is 0 Å². The molecule has 0 unspecified atom stereocenters. The molecule has 0 radical (unpaired) electrons. The summed E-state index contributed by atoms with van der Waals surface area (Å²) in [7, 11) is 0. The third-order valence-electron chi connectivity index (χ3n) is 7.94. The number of carbonyl (C=O) groups is 1. The maximum absolute atomic E-state index is 13.5. The number of aryl methyl sites for hydroxylation is 1. The molecule has 0 bridgehead atoms. The summed E-state index contributed by atoms with van der Waals surface area (Å²) in [4.78, 5) is 28.8. The Morgan fingerprint density at radius 2 is 1.85 bits per heavy atom. The van der Waals surface area contributed by atoms with Crippen molar-refractivity contribution in [1.82, 2.24) is 29.4 Å². The molecule has 0 atom stereocenters. The number of nitrogens with zero attached hydrogens (tertiary/aromatic N) is 5. The molecule has 1 amide bonds. The summed E-state index contributed by atoms with van der Waals surface area (Å²) in [6, 6.07) is 19.3. The molecule has 1 aliphatic rings. The Morgan fingerprint density at radius 1 is 1.05 bits per heavy atom. The Bertz CT molecular complexity index is 1700. The van der Waals surface area contributed by atoms with E-state index in [0.29, 0.717) is 46.5 Å². The van der Waals surface area contributed by atoms with Crippen LogP contribution in [0, 0.1) is 0 Å². The normalized spacial score (nSPS) is 14.0. The molecule has 0 aliphatic heterocycles. The van der Waals surface area contributed by atoms with Gasteiger partial charge < -0.3 is 9.73 Å². The van der Waals surface area contributed by atoms with Gasteiger partial charge in [0.15, 0.2) is 0 Å². The first-order chi connectivity index (χ1) is 20.1. The molecule has 3 heterocycles. The van der Waals surface area contributed by atoms with Crippen LogP contribution >= 0.6 is 11.6 Å². The molecule has 9 nitrogen and oxygen atoms in total. The van der Waals surface area contributed by atoms with Crippen LogP contribution in [0.3, 0.4) is 0 Å². The van der Waals surface area contributed by atoms with Crippen LogP contribution in [-0.4, -0.2) is 49.1 Å². The fourth-order valence-electron chi connectivity index (χ4n) is 5.83. The summed E-state index contributed by atoms with van der Waals surface area (Å²) in [6.07, 6.45) is 7.23. The second-order valence-corrected chi connectivity index (χ2v) is 11.0. The highest BCUT2D eigenvalue weighted by atomic mass is 35.5. The molecule has 1 N–H and O–H groups in total. The molecule has 1 saturated carbocycles. The van der Waals surface area contributed by atoms with Gasteiger partial charge in [0.2, 0.25) is 11.7 Å². The summed E-state index contributed by atoms with van der Waals surface area (Å²) in [6.45, 7) is 2.35. The minimum atomic E-state index is -0.161. The number of hydrogen-bond acceptors (Lipinski definition) is 6. The van der Waals surface area contributed by atoms with E-state index >= 15 is 0 Å². The molecule has 2 aromatic carbocycles. The van der Waals surface area contributed by atoms with E-state index in [4.69, 9.17) is 16.0 Å². The van der Waals surface area contributed by atoms with Crippen LogP contribution in [0.25, 0.3) is 16.7 Å². The highest BCUT2D eigenvalue weighted by Crippen LogP contribution is 2.25. The zero-order chi connectivity index (χ0) is 28.2. The SMILES string of the molecule is O=C(CCc1nnc2n(Cc3ccccc3Cl)c(=O)c3ccccc3n12)NCCN(Cc1ccco1)C1CCCC1. The summed E-state index contributed by atoms with van der Waals surface area (Å²) >= 11 is 6.41. The Balaban J connectivity index is 1.16. The highest BCUT2D eigenvalue weighted by molar-refractivity contribution is 6.31. The number of carbonyl (C=O) groups excluding carboxylic acids is 1. The quantitative estimate of drug-likeness (QED) is 0.243. The first-order valence-corrected chi connectivity index (χ1v) is 14.6.